The van der Waals surface area contributed by atoms with Gasteiger partial charge in [-0.2, -0.15) is 13.2 Å². The van der Waals surface area contributed by atoms with Crippen LogP contribution in [0.1, 0.15) is 11.1 Å². The Bertz CT molecular complexity index is 791. The molecule has 1 amide bonds. The van der Waals surface area contributed by atoms with Gasteiger partial charge in [-0.25, -0.2) is 4.79 Å². The molecule has 2 aromatic carbocycles. The monoisotopic (exact) mass is 354 g/mol. The van der Waals surface area contributed by atoms with Crippen molar-refractivity contribution in [1.82, 2.24) is 0 Å². The van der Waals surface area contributed by atoms with E-state index in [2.05, 4.69) is 15.3 Å². The maximum atomic E-state index is 12.6. The summed E-state index contributed by atoms with van der Waals surface area (Å²) in [5.74, 6) is 0.139. The minimum atomic E-state index is -4.52. The molecular weight excluding hydrogens is 341 g/mol. The van der Waals surface area contributed by atoms with Crippen molar-refractivity contribution in [3.63, 3.8) is 0 Å². The zero-order chi connectivity index (χ0) is 18.4. The normalized spacial score (nSPS) is 11.4. The molecule has 0 aliphatic carbocycles. The molecule has 0 radical (unpaired) electrons. The number of carbonyl (C=O) groups is 1. The molecule has 0 atom stereocenters. The second-order valence-electron chi connectivity index (χ2n) is 4.75. The summed E-state index contributed by atoms with van der Waals surface area (Å²) < 4.78 is 42.7. The zero-order valence-corrected chi connectivity index (χ0v) is 12.9. The largest absolute Gasteiger partial charge is 0.504 e. The van der Waals surface area contributed by atoms with E-state index >= 15 is 0 Å². The molecule has 0 saturated heterocycles. The Morgan fingerprint density at radius 3 is 2.68 bits per heavy atom. The number of hydrogen-bond acceptors (Lipinski definition) is 5. The molecule has 25 heavy (non-hydrogen) atoms. The van der Waals surface area contributed by atoms with Gasteiger partial charge in [-0.3, -0.25) is 10.2 Å². The van der Waals surface area contributed by atoms with Crippen LogP contribution in [0.15, 0.2) is 47.6 Å². The lowest BCUT2D eigenvalue weighted by Crippen LogP contribution is -2.12. The van der Waals surface area contributed by atoms with Crippen LogP contribution >= 0.6 is 0 Å². The predicted molar refractivity (Wildman–Crippen MR) is 83.8 cm³/mol. The van der Waals surface area contributed by atoms with Crippen LogP contribution in [0.5, 0.6) is 11.5 Å². The molecule has 2 aromatic rings. The lowest BCUT2D eigenvalue weighted by molar-refractivity contribution is -0.137. The van der Waals surface area contributed by atoms with Crippen LogP contribution in [-0.2, 0) is 11.0 Å². The number of phenolic OH excluding ortho intramolecular Hbond substituents is 1. The van der Waals surface area contributed by atoms with Gasteiger partial charge < -0.3 is 9.84 Å². The van der Waals surface area contributed by atoms with Crippen molar-refractivity contribution in [2.24, 2.45) is 5.16 Å². The number of rotatable bonds is 4. The molecule has 0 bridgehead atoms. The van der Waals surface area contributed by atoms with E-state index in [4.69, 9.17) is 4.74 Å². The van der Waals surface area contributed by atoms with E-state index in [0.29, 0.717) is 5.56 Å². The highest BCUT2D eigenvalue weighted by atomic mass is 19.4. The number of methoxy groups -OCH3 is 1. The van der Waals surface area contributed by atoms with E-state index in [1.165, 1.54) is 37.6 Å². The summed E-state index contributed by atoms with van der Waals surface area (Å²) in [6.07, 6.45) is -4.40. The van der Waals surface area contributed by atoms with Crippen molar-refractivity contribution in [3.8, 4) is 11.5 Å². The average Bonchev–Trinajstić information content (AvgIpc) is 2.56. The molecule has 0 saturated carbocycles. The Morgan fingerprint density at radius 1 is 1.24 bits per heavy atom. The zero-order valence-electron chi connectivity index (χ0n) is 12.9. The average molecular weight is 354 g/mol. The fourth-order valence-electron chi connectivity index (χ4n) is 1.82. The number of ether oxygens (including phenoxy) is 1. The first-order valence-corrected chi connectivity index (χ1v) is 6.85. The van der Waals surface area contributed by atoms with Crippen molar-refractivity contribution >= 4 is 18.0 Å². The standard InChI is InChI=1S/C16H13F3N2O4/c1-24-14-7-10(5-6-13(14)22)9-20-25-15(23)21-12-4-2-3-11(8-12)16(17,18)19/h2-9,22H,1H3,(H,21,23)/b20-9+. The van der Waals surface area contributed by atoms with Gasteiger partial charge in [0, 0.05) is 11.3 Å². The molecule has 0 heterocycles. The van der Waals surface area contributed by atoms with Gasteiger partial charge in [-0.1, -0.05) is 11.2 Å². The number of alkyl halides is 3. The first kappa shape index (κ1) is 18.1. The number of carbonyl (C=O) groups excluding carboxylic acids is 1. The van der Waals surface area contributed by atoms with Crippen LogP contribution < -0.4 is 10.1 Å². The summed E-state index contributed by atoms with van der Waals surface area (Å²) in [5, 5.41) is 15.0. The van der Waals surface area contributed by atoms with Crippen molar-refractivity contribution in [2.75, 3.05) is 12.4 Å². The first-order chi connectivity index (χ1) is 11.8. The van der Waals surface area contributed by atoms with Crippen LogP contribution in [-0.4, -0.2) is 24.5 Å². The number of phenols is 1. The van der Waals surface area contributed by atoms with Gasteiger partial charge in [0.15, 0.2) is 11.5 Å². The second-order valence-corrected chi connectivity index (χ2v) is 4.75. The second kappa shape index (κ2) is 7.56. The van der Waals surface area contributed by atoms with Crippen molar-refractivity contribution in [2.45, 2.75) is 6.18 Å². The number of amides is 1. The predicted octanol–water partition coefficient (Wildman–Crippen LogP) is 4.00. The van der Waals surface area contributed by atoms with E-state index in [1.54, 1.807) is 0 Å². The van der Waals surface area contributed by atoms with Crippen LogP contribution in [0.2, 0.25) is 0 Å². The molecule has 2 rings (SSSR count). The van der Waals surface area contributed by atoms with Crippen LogP contribution in [0, 0.1) is 0 Å². The molecule has 0 aliphatic heterocycles. The van der Waals surface area contributed by atoms with Crippen molar-refractivity contribution in [1.29, 1.82) is 0 Å². The maximum absolute atomic E-state index is 12.6. The molecule has 0 spiro atoms. The van der Waals surface area contributed by atoms with Gasteiger partial charge in [0.2, 0.25) is 0 Å². The quantitative estimate of drug-likeness (QED) is 0.494. The summed E-state index contributed by atoms with van der Waals surface area (Å²) in [6, 6.07) is 8.41. The minimum absolute atomic E-state index is 0.0668. The van der Waals surface area contributed by atoms with Crippen molar-refractivity contribution in [3.05, 3.63) is 53.6 Å². The fourth-order valence-corrected chi connectivity index (χ4v) is 1.82. The van der Waals surface area contributed by atoms with Crippen LogP contribution in [0.25, 0.3) is 0 Å². The molecule has 0 aliphatic rings. The van der Waals surface area contributed by atoms with Crippen LogP contribution in [0.3, 0.4) is 0 Å². The van der Waals surface area contributed by atoms with Gasteiger partial charge in [-0.05, 0) is 36.4 Å². The van der Waals surface area contributed by atoms with E-state index in [-0.39, 0.29) is 17.2 Å². The number of anilines is 1. The smallest absolute Gasteiger partial charge is 0.437 e. The third kappa shape index (κ3) is 5.13. The van der Waals surface area contributed by atoms with Gasteiger partial charge in [0.25, 0.3) is 0 Å². The Labute approximate surface area is 140 Å². The molecular formula is C16H13F3N2O4. The highest BCUT2D eigenvalue weighted by Gasteiger charge is 2.30. The lowest BCUT2D eigenvalue weighted by atomic mass is 10.2. The number of nitrogens with one attached hydrogen (secondary N) is 1. The van der Waals surface area contributed by atoms with Gasteiger partial charge in [0.05, 0.1) is 18.9 Å². The minimum Gasteiger partial charge on any atom is -0.504 e. The number of aromatic hydroxyl groups is 1. The highest BCUT2D eigenvalue weighted by Crippen LogP contribution is 2.30. The molecule has 0 aromatic heterocycles. The lowest BCUT2D eigenvalue weighted by Gasteiger charge is -2.08. The van der Waals surface area contributed by atoms with Gasteiger partial charge >= 0.3 is 12.3 Å². The summed E-state index contributed by atoms with van der Waals surface area (Å²) in [7, 11) is 1.37. The molecule has 9 heteroatoms. The summed E-state index contributed by atoms with van der Waals surface area (Å²) in [4.78, 5) is 16.1. The van der Waals surface area contributed by atoms with Crippen LogP contribution in [0.4, 0.5) is 23.7 Å². The number of nitrogens with zero attached hydrogens (tertiary/aromatic N) is 1. The number of hydrogen-bond donors (Lipinski definition) is 2. The molecule has 0 fully saturated rings. The molecule has 132 valence electrons. The van der Waals surface area contributed by atoms with Crippen molar-refractivity contribution < 1.29 is 32.6 Å². The van der Waals surface area contributed by atoms with Gasteiger partial charge in [-0.15, -0.1) is 0 Å². The molecule has 2 N–H and O–H groups in total. The summed E-state index contributed by atoms with van der Waals surface area (Å²) >= 11 is 0. The Kier molecular flexibility index (Phi) is 5.48. The summed E-state index contributed by atoms with van der Waals surface area (Å²) in [6.45, 7) is 0. The fraction of sp³-hybridized carbons (Fsp3) is 0.125. The van der Waals surface area contributed by atoms with E-state index in [9.17, 15) is 23.1 Å². The third-order valence-electron chi connectivity index (χ3n) is 2.98. The highest BCUT2D eigenvalue weighted by molar-refractivity contribution is 5.86. The third-order valence-corrected chi connectivity index (χ3v) is 2.98. The first-order valence-electron chi connectivity index (χ1n) is 6.85. The Balaban J connectivity index is 1.97. The number of oxime groups is 1. The van der Waals surface area contributed by atoms with E-state index < -0.39 is 17.8 Å². The van der Waals surface area contributed by atoms with E-state index in [1.807, 2.05) is 0 Å². The SMILES string of the molecule is COc1cc(/C=N/OC(=O)Nc2cccc(C(F)(F)F)c2)ccc1O. The number of benzene rings is 2. The Morgan fingerprint density at radius 2 is 2.00 bits per heavy atom. The van der Waals surface area contributed by atoms with Gasteiger partial charge in [0.1, 0.15) is 0 Å². The topological polar surface area (TPSA) is 80.2 Å². The number of halogens is 3. The van der Waals surface area contributed by atoms with E-state index in [0.717, 1.165) is 18.2 Å². The molecule has 6 nitrogen and oxygen atoms in total. The molecule has 0 unspecified atom stereocenters. The maximum Gasteiger partial charge on any atom is 0.437 e. The Hall–Kier alpha value is -3.23. The summed E-state index contributed by atoms with van der Waals surface area (Å²) in [5.41, 5.74) is -0.507.